The maximum atomic E-state index is 12.8. The van der Waals surface area contributed by atoms with Crippen molar-refractivity contribution < 1.29 is 4.79 Å². The lowest BCUT2D eigenvalue weighted by molar-refractivity contribution is -0.121. The molecule has 0 unspecified atom stereocenters. The molecule has 1 aromatic carbocycles. The molecule has 3 aromatic rings. The highest BCUT2D eigenvalue weighted by atomic mass is 16.1. The van der Waals surface area contributed by atoms with Gasteiger partial charge in [0.2, 0.25) is 5.91 Å². The van der Waals surface area contributed by atoms with Crippen molar-refractivity contribution in [1.29, 1.82) is 0 Å². The number of anilines is 1. The van der Waals surface area contributed by atoms with Crippen molar-refractivity contribution in [2.75, 3.05) is 19.0 Å². The number of carbonyl (C=O) groups excluding carboxylic acids is 1. The number of aromatic nitrogens is 3. The predicted molar refractivity (Wildman–Crippen MR) is 122 cm³/mol. The number of carbonyl (C=O) groups is 1. The molecule has 0 saturated heterocycles. The second-order valence-electron chi connectivity index (χ2n) is 8.48. The second kappa shape index (κ2) is 9.25. The van der Waals surface area contributed by atoms with Crippen molar-refractivity contribution in [3.63, 3.8) is 0 Å². The summed E-state index contributed by atoms with van der Waals surface area (Å²) < 4.78 is 0. The lowest BCUT2D eigenvalue weighted by Crippen LogP contribution is -2.31. The summed E-state index contributed by atoms with van der Waals surface area (Å²) in [6, 6.07) is 15.8. The second-order valence-corrected chi connectivity index (χ2v) is 8.48. The fourth-order valence-electron chi connectivity index (χ4n) is 3.62. The van der Waals surface area contributed by atoms with Gasteiger partial charge in [0.15, 0.2) is 0 Å². The molecule has 0 radical (unpaired) electrons. The summed E-state index contributed by atoms with van der Waals surface area (Å²) in [7, 11) is 3.99. The van der Waals surface area contributed by atoms with E-state index in [0.29, 0.717) is 12.3 Å². The summed E-state index contributed by atoms with van der Waals surface area (Å²) in [5.41, 5.74) is 3.95. The number of hydrogen-bond donors (Lipinski definition) is 1. The molecule has 1 aliphatic rings. The molecule has 2 heterocycles. The van der Waals surface area contributed by atoms with Crippen LogP contribution < -0.4 is 10.2 Å². The maximum absolute atomic E-state index is 12.8. The normalized spacial score (nSPS) is 14.2. The molecule has 4 rings (SSSR count). The Bertz CT molecular complexity index is 1030. The topological polar surface area (TPSA) is 71.0 Å². The fourth-order valence-corrected chi connectivity index (χ4v) is 3.62. The van der Waals surface area contributed by atoms with Crippen LogP contribution in [0.4, 0.5) is 5.82 Å². The molecular formula is C25H29N5O. The van der Waals surface area contributed by atoms with Crippen LogP contribution >= 0.6 is 0 Å². The molecule has 0 aliphatic heterocycles. The van der Waals surface area contributed by atoms with E-state index >= 15 is 0 Å². The number of pyridine rings is 1. The van der Waals surface area contributed by atoms with E-state index in [1.165, 1.54) is 0 Å². The van der Waals surface area contributed by atoms with Crippen LogP contribution in [0.25, 0.3) is 0 Å². The van der Waals surface area contributed by atoms with Crippen molar-refractivity contribution in [3.05, 3.63) is 83.1 Å². The van der Waals surface area contributed by atoms with Crippen LogP contribution in [0.2, 0.25) is 0 Å². The Balaban J connectivity index is 1.59. The van der Waals surface area contributed by atoms with E-state index in [4.69, 9.17) is 9.97 Å². The number of hydrogen-bond acceptors (Lipinski definition) is 5. The van der Waals surface area contributed by atoms with Gasteiger partial charge in [0, 0.05) is 50.1 Å². The Hall–Kier alpha value is -3.28. The third-order valence-electron chi connectivity index (χ3n) is 5.44. The highest BCUT2D eigenvalue weighted by molar-refractivity contribution is 5.78. The van der Waals surface area contributed by atoms with Crippen molar-refractivity contribution in [2.45, 2.75) is 44.6 Å². The third-order valence-corrected chi connectivity index (χ3v) is 5.44. The van der Waals surface area contributed by atoms with Crippen LogP contribution in [-0.4, -0.2) is 35.0 Å². The van der Waals surface area contributed by atoms with Gasteiger partial charge >= 0.3 is 0 Å². The first-order valence-electron chi connectivity index (χ1n) is 10.8. The van der Waals surface area contributed by atoms with Gasteiger partial charge in [0.1, 0.15) is 11.6 Å². The smallest absolute Gasteiger partial charge is 0.226 e. The van der Waals surface area contributed by atoms with Crippen LogP contribution in [0.3, 0.4) is 0 Å². The van der Waals surface area contributed by atoms with Gasteiger partial charge in [0.05, 0.1) is 12.5 Å². The zero-order chi connectivity index (χ0) is 21.8. The molecular weight excluding hydrogens is 386 g/mol. The van der Waals surface area contributed by atoms with Gasteiger partial charge in [0.25, 0.3) is 0 Å². The van der Waals surface area contributed by atoms with Crippen molar-refractivity contribution in [1.82, 2.24) is 20.3 Å². The van der Waals surface area contributed by atoms with Gasteiger partial charge < -0.3 is 10.2 Å². The number of rotatable bonds is 8. The van der Waals surface area contributed by atoms with E-state index in [-0.39, 0.29) is 18.4 Å². The minimum absolute atomic E-state index is 0.0467. The lowest BCUT2D eigenvalue weighted by atomic mass is 9.99. The molecule has 0 spiro atoms. The van der Waals surface area contributed by atoms with Crippen molar-refractivity contribution >= 4 is 11.7 Å². The number of amides is 1. The highest BCUT2D eigenvalue weighted by Gasteiger charge is 2.28. The van der Waals surface area contributed by atoms with Gasteiger partial charge in [-0.2, -0.15) is 0 Å². The average Bonchev–Trinajstić information content (AvgIpc) is 3.59. The number of benzene rings is 1. The first kappa shape index (κ1) is 21.0. The largest absolute Gasteiger partial charge is 0.363 e. The molecule has 1 amide bonds. The molecule has 160 valence electrons. The van der Waals surface area contributed by atoms with E-state index in [2.05, 4.69) is 35.4 Å². The van der Waals surface area contributed by atoms with Crippen LogP contribution in [0.15, 0.2) is 54.7 Å². The molecule has 1 aliphatic carbocycles. The first-order chi connectivity index (χ1) is 15.0. The number of aryl methyl sites for hydroxylation is 1. The highest BCUT2D eigenvalue weighted by Crippen LogP contribution is 2.38. The molecule has 2 aromatic heterocycles. The van der Waals surface area contributed by atoms with Gasteiger partial charge in [-0.1, -0.05) is 35.9 Å². The minimum atomic E-state index is -0.173. The zero-order valence-corrected chi connectivity index (χ0v) is 18.4. The van der Waals surface area contributed by atoms with Gasteiger partial charge in [-0.15, -0.1) is 0 Å². The van der Waals surface area contributed by atoms with E-state index in [0.717, 1.165) is 47.0 Å². The standard InChI is InChI=1S/C25H29N5O/c1-17-7-6-8-19(13-17)22(28-24(31)16-20-9-4-5-12-26-20)14-21-15-23(30(2)3)29-25(27-21)18-10-11-18/h4-9,12-13,15,18,22H,10-11,14,16H2,1-3H3,(H,28,31)/t22-/m0/s1. The van der Waals surface area contributed by atoms with E-state index < -0.39 is 0 Å². The zero-order valence-electron chi connectivity index (χ0n) is 18.4. The first-order valence-corrected chi connectivity index (χ1v) is 10.8. The number of nitrogens with one attached hydrogen (secondary N) is 1. The van der Waals surface area contributed by atoms with Crippen LogP contribution in [0.1, 0.15) is 53.1 Å². The third kappa shape index (κ3) is 5.66. The monoisotopic (exact) mass is 415 g/mol. The van der Waals surface area contributed by atoms with Gasteiger partial charge in [-0.3, -0.25) is 9.78 Å². The van der Waals surface area contributed by atoms with Gasteiger partial charge in [-0.05, 0) is 37.5 Å². The Kier molecular flexibility index (Phi) is 6.26. The predicted octanol–water partition coefficient (Wildman–Crippen LogP) is 3.77. The summed E-state index contributed by atoms with van der Waals surface area (Å²) in [6.07, 6.45) is 4.88. The molecule has 1 N–H and O–H groups in total. The van der Waals surface area contributed by atoms with Gasteiger partial charge in [-0.25, -0.2) is 9.97 Å². The molecule has 6 nitrogen and oxygen atoms in total. The summed E-state index contributed by atoms with van der Waals surface area (Å²) in [6.45, 7) is 2.07. The summed E-state index contributed by atoms with van der Waals surface area (Å²) in [5.74, 6) is 2.25. The average molecular weight is 416 g/mol. The summed E-state index contributed by atoms with van der Waals surface area (Å²) in [5, 5.41) is 3.22. The Morgan fingerprint density at radius 2 is 1.94 bits per heavy atom. The quantitative estimate of drug-likeness (QED) is 0.606. The molecule has 31 heavy (non-hydrogen) atoms. The maximum Gasteiger partial charge on any atom is 0.226 e. The Labute approximate surface area is 183 Å². The van der Waals surface area contributed by atoms with Crippen molar-refractivity contribution in [2.24, 2.45) is 0 Å². The minimum Gasteiger partial charge on any atom is -0.363 e. The lowest BCUT2D eigenvalue weighted by Gasteiger charge is -2.21. The SMILES string of the molecule is Cc1cccc([C@H](Cc2cc(N(C)C)nc(C3CC3)n2)NC(=O)Cc2ccccn2)c1. The molecule has 1 fully saturated rings. The van der Waals surface area contributed by atoms with Crippen LogP contribution in [0.5, 0.6) is 0 Å². The van der Waals surface area contributed by atoms with E-state index in [9.17, 15) is 4.79 Å². The molecule has 1 saturated carbocycles. The van der Waals surface area contributed by atoms with E-state index in [1.807, 2.05) is 49.3 Å². The number of nitrogens with zero attached hydrogens (tertiary/aromatic N) is 4. The van der Waals surface area contributed by atoms with Crippen LogP contribution in [0, 0.1) is 6.92 Å². The summed E-state index contributed by atoms with van der Waals surface area (Å²) in [4.78, 5) is 28.7. The van der Waals surface area contributed by atoms with E-state index in [1.54, 1.807) is 6.20 Å². The summed E-state index contributed by atoms with van der Waals surface area (Å²) >= 11 is 0. The fraction of sp³-hybridized carbons (Fsp3) is 0.360. The van der Waals surface area contributed by atoms with Crippen molar-refractivity contribution in [3.8, 4) is 0 Å². The molecule has 6 heteroatoms. The van der Waals surface area contributed by atoms with Crippen LogP contribution in [-0.2, 0) is 17.6 Å². The Morgan fingerprint density at radius 3 is 2.61 bits per heavy atom. The molecule has 1 atom stereocenters. The molecule has 0 bridgehead atoms. The Morgan fingerprint density at radius 1 is 1.10 bits per heavy atom.